The van der Waals surface area contributed by atoms with Crippen LogP contribution in [-0.2, 0) is 0 Å². The van der Waals surface area contributed by atoms with E-state index in [9.17, 15) is 9.90 Å². The van der Waals surface area contributed by atoms with Gasteiger partial charge in [-0.05, 0) is 6.07 Å². The minimum atomic E-state index is -0.490. The van der Waals surface area contributed by atoms with E-state index >= 15 is 0 Å². The zero-order valence-electron chi connectivity index (χ0n) is 10.3. The largest absolute Gasteiger partial charge is 0.505 e. The zero-order chi connectivity index (χ0) is 14.1. The maximum Gasteiger partial charge on any atom is 0.259 e. The number of nitrogens with two attached hydrogens (primary N) is 1. The van der Waals surface area contributed by atoms with Crippen molar-refractivity contribution in [1.82, 2.24) is 4.98 Å². The Morgan fingerprint density at radius 3 is 2.85 bits per heavy atom. The number of anilines is 2. The number of carbonyl (C=O) groups excluding carboxylic acids is 1. The predicted octanol–water partition coefficient (Wildman–Crippen LogP) is 1.35. The number of hydrogen-bond acceptors (Lipinski definition) is 6. The van der Waals surface area contributed by atoms with E-state index in [0.29, 0.717) is 22.9 Å². The van der Waals surface area contributed by atoms with Crippen LogP contribution in [0.4, 0.5) is 11.4 Å². The smallest absolute Gasteiger partial charge is 0.259 e. The first-order valence-corrected chi connectivity index (χ1v) is 5.78. The Bertz CT molecular complexity index is 687. The highest BCUT2D eigenvalue weighted by atomic mass is 16.7. The summed E-state index contributed by atoms with van der Waals surface area (Å²) >= 11 is 0. The van der Waals surface area contributed by atoms with Gasteiger partial charge in [0.15, 0.2) is 11.5 Å². The normalized spacial score (nSPS) is 12.2. The number of hydrogen-bond donors (Lipinski definition) is 3. The molecule has 1 aliphatic heterocycles. The van der Waals surface area contributed by atoms with Gasteiger partial charge in [0.2, 0.25) is 6.79 Å². The van der Waals surface area contributed by atoms with Crippen molar-refractivity contribution >= 4 is 17.3 Å². The van der Waals surface area contributed by atoms with Crippen molar-refractivity contribution in [3.05, 3.63) is 36.2 Å². The third-order valence-electron chi connectivity index (χ3n) is 2.84. The molecule has 0 spiro atoms. The van der Waals surface area contributed by atoms with E-state index in [-0.39, 0.29) is 18.1 Å². The first kappa shape index (κ1) is 12.1. The van der Waals surface area contributed by atoms with Crippen LogP contribution in [0, 0.1) is 0 Å². The Labute approximate surface area is 114 Å². The van der Waals surface area contributed by atoms with Gasteiger partial charge in [-0.3, -0.25) is 9.78 Å². The fourth-order valence-electron chi connectivity index (χ4n) is 1.83. The molecule has 0 saturated heterocycles. The lowest BCUT2D eigenvalue weighted by atomic mass is 10.2. The Hall–Kier alpha value is -2.96. The Balaban J connectivity index is 1.88. The summed E-state index contributed by atoms with van der Waals surface area (Å²) in [6.45, 7) is 0.122. The highest BCUT2D eigenvalue weighted by molar-refractivity contribution is 6.07. The van der Waals surface area contributed by atoms with Crippen LogP contribution in [0.25, 0.3) is 0 Å². The third-order valence-corrected chi connectivity index (χ3v) is 2.84. The maximum atomic E-state index is 12.1. The van der Waals surface area contributed by atoms with Crippen molar-refractivity contribution in [2.45, 2.75) is 0 Å². The second-order valence-electron chi connectivity index (χ2n) is 4.14. The van der Waals surface area contributed by atoms with Crippen LogP contribution in [0.15, 0.2) is 30.6 Å². The van der Waals surface area contributed by atoms with Crippen molar-refractivity contribution in [3.8, 4) is 17.2 Å². The molecule has 0 aliphatic carbocycles. The molecule has 0 atom stereocenters. The second-order valence-corrected chi connectivity index (χ2v) is 4.14. The summed E-state index contributed by atoms with van der Waals surface area (Å²) in [4.78, 5) is 15.8. The van der Waals surface area contributed by atoms with Gasteiger partial charge in [0, 0.05) is 18.3 Å². The standard InChI is InChI=1S/C13H11N3O4/c14-8-3-11-12(20-6-19-11)4-9(8)16-13(18)7-1-2-15-5-10(7)17/h1-5,17H,6,14H2,(H,16,18). The number of rotatable bonds is 2. The number of nitrogens with one attached hydrogen (secondary N) is 1. The summed E-state index contributed by atoms with van der Waals surface area (Å²) in [7, 11) is 0. The van der Waals surface area contributed by atoms with Crippen molar-refractivity contribution in [2.24, 2.45) is 0 Å². The lowest BCUT2D eigenvalue weighted by Crippen LogP contribution is -2.13. The number of amides is 1. The van der Waals surface area contributed by atoms with Gasteiger partial charge in [-0.15, -0.1) is 0 Å². The molecule has 4 N–H and O–H groups in total. The Morgan fingerprint density at radius 2 is 2.10 bits per heavy atom. The number of nitrogens with zero attached hydrogens (tertiary/aromatic N) is 1. The first-order chi connectivity index (χ1) is 9.65. The van der Waals surface area contributed by atoms with Crippen LogP contribution in [0.5, 0.6) is 17.2 Å². The number of fused-ring (bicyclic) bond motifs is 1. The molecule has 2 heterocycles. The molecule has 0 fully saturated rings. The molecule has 3 rings (SSSR count). The summed E-state index contributed by atoms with van der Waals surface area (Å²) in [5.41, 5.74) is 6.67. The van der Waals surface area contributed by atoms with Crippen LogP contribution in [0.3, 0.4) is 0 Å². The fraction of sp³-hybridized carbons (Fsp3) is 0.0769. The summed E-state index contributed by atoms with van der Waals surface area (Å²) in [6.07, 6.45) is 2.61. The first-order valence-electron chi connectivity index (χ1n) is 5.78. The number of carbonyl (C=O) groups is 1. The van der Waals surface area contributed by atoms with Gasteiger partial charge >= 0.3 is 0 Å². The van der Waals surface area contributed by atoms with Crippen molar-refractivity contribution in [1.29, 1.82) is 0 Å². The molecular formula is C13H11N3O4. The molecule has 1 aromatic heterocycles. The summed E-state index contributed by atoms with van der Waals surface area (Å²) in [5, 5.41) is 12.2. The number of aromatic nitrogens is 1. The molecule has 1 amide bonds. The van der Waals surface area contributed by atoms with Gasteiger partial charge in [0.1, 0.15) is 5.75 Å². The van der Waals surface area contributed by atoms with E-state index < -0.39 is 5.91 Å². The molecule has 7 heteroatoms. The molecule has 20 heavy (non-hydrogen) atoms. The van der Waals surface area contributed by atoms with Crippen molar-refractivity contribution in [3.63, 3.8) is 0 Å². The van der Waals surface area contributed by atoms with Crippen LogP contribution in [0.1, 0.15) is 10.4 Å². The van der Waals surface area contributed by atoms with Crippen LogP contribution in [0.2, 0.25) is 0 Å². The number of benzene rings is 1. The molecular weight excluding hydrogens is 262 g/mol. The van der Waals surface area contributed by atoms with E-state index in [4.69, 9.17) is 15.2 Å². The van der Waals surface area contributed by atoms with Gasteiger partial charge in [-0.2, -0.15) is 0 Å². The SMILES string of the molecule is Nc1cc2c(cc1NC(=O)c1ccncc1O)OCO2. The lowest BCUT2D eigenvalue weighted by molar-refractivity contribution is 0.102. The van der Waals surface area contributed by atoms with E-state index in [2.05, 4.69) is 10.3 Å². The average molecular weight is 273 g/mol. The number of pyridine rings is 1. The molecule has 102 valence electrons. The molecule has 0 radical (unpaired) electrons. The monoisotopic (exact) mass is 273 g/mol. The van der Waals surface area contributed by atoms with E-state index in [0.717, 1.165) is 0 Å². The average Bonchev–Trinajstić information content (AvgIpc) is 2.86. The summed E-state index contributed by atoms with van der Waals surface area (Å²) < 4.78 is 10.4. The Morgan fingerprint density at radius 1 is 1.35 bits per heavy atom. The van der Waals surface area contributed by atoms with E-state index in [1.807, 2.05) is 0 Å². The number of nitrogen functional groups attached to an aromatic ring is 1. The number of ether oxygens (including phenoxy) is 2. The molecule has 1 aliphatic rings. The van der Waals surface area contributed by atoms with Crippen LogP contribution in [-0.4, -0.2) is 22.8 Å². The number of aromatic hydroxyl groups is 1. The van der Waals surface area contributed by atoms with E-state index in [1.165, 1.54) is 18.5 Å². The maximum absolute atomic E-state index is 12.1. The fourth-order valence-corrected chi connectivity index (χ4v) is 1.83. The molecule has 0 saturated carbocycles. The lowest BCUT2D eigenvalue weighted by Gasteiger charge is -2.10. The van der Waals surface area contributed by atoms with Gasteiger partial charge in [-0.25, -0.2) is 0 Å². The zero-order valence-corrected chi connectivity index (χ0v) is 10.3. The van der Waals surface area contributed by atoms with E-state index in [1.54, 1.807) is 12.1 Å². The van der Waals surface area contributed by atoms with Gasteiger partial charge in [0.25, 0.3) is 5.91 Å². The minimum Gasteiger partial charge on any atom is -0.505 e. The summed E-state index contributed by atoms with van der Waals surface area (Å²) in [5.74, 6) is 0.348. The van der Waals surface area contributed by atoms with Crippen LogP contribution >= 0.6 is 0 Å². The summed E-state index contributed by atoms with van der Waals surface area (Å²) in [6, 6.07) is 4.56. The van der Waals surface area contributed by atoms with Gasteiger partial charge in [-0.1, -0.05) is 0 Å². The molecule has 1 aromatic carbocycles. The molecule has 2 aromatic rings. The van der Waals surface area contributed by atoms with Crippen LogP contribution < -0.4 is 20.5 Å². The minimum absolute atomic E-state index is 0.108. The molecule has 7 nitrogen and oxygen atoms in total. The van der Waals surface area contributed by atoms with Gasteiger partial charge < -0.3 is 25.6 Å². The van der Waals surface area contributed by atoms with Crippen molar-refractivity contribution < 1.29 is 19.4 Å². The van der Waals surface area contributed by atoms with Gasteiger partial charge in [0.05, 0.1) is 23.1 Å². The third kappa shape index (κ3) is 2.05. The second kappa shape index (κ2) is 4.61. The highest BCUT2D eigenvalue weighted by Crippen LogP contribution is 2.38. The Kier molecular flexibility index (Phi) is 2.79. The molecule has 0 unspecified atom stereocenters. The van der Waals surface area contributed by atoms with Crippen molar-refractivity contribution in [2.75, 3.05) is 17.8 Å². The predicted molar refractivity (Wildman–Crippen MR) is 70.8 cm³/mol. The molecule has 0 bridgehead atoms. The quantitative estimate of drug-likeness (QED) is 0.713. The topological polar surface area (TPSA) is 107 Å². The highest BCUT2D eigenvalue weighted by Gasteiger charge is 2.18.